The lowest BCUT2D eigenvalue weighted by Gasteiger charge is -2.09. The van der Waals surface area contributed by atoms with Gasteiger partial charge in [-0.2, -0.15) is 4.98 Å². The lowest BCUT2D eigenvalue weighted by molar-refractivity contribution is 0.230. The molecular formula is C12H18N4O2. The van der Waals surface area contributed by atoms with E-state index in [-0.39, 0.29) is 6.61 Å². The summed E-state index contributed by atoms with van der Waals surface area (Å²) in [4.78, 5) is 8.59. The number of ether oxygens (including phenoxy) is 1. The Bertz CT molecular complexity index is 498. The molecule has 0 fully saturated rings. The van der Waals surface area contributed by atoms with Crippen LogP contribution in [0.25, 0.3) is 5.65 Å². The van der Waals surface area contributed by atoms with E-state index in [1.807, 2.05) is 16.8 Å². The molecule has 0 amide bonds. The zero-order chi connectivity index (χ0) is 12.8. The van der Waals surface area contributed by atoms with Gasteiger partial charge in [-0.15, -0.1) is 0 Å². The number of nitrogens with zero attached hydrogens (tertiary/aromatic N) is 3. The largest absolute Gasteiger partial charge is 0.475 e. The number of imidazole rings is 1. The van der Waals surface area contributed by atoms with Gasteiger partial charge in [0.1, 0.15) is 5.82 Å². The molecule has 2 aromatic rings. The highest BCUT2D eigenvalue weighted by Gasteiger charge is 2.08. The van der Waals surface area contributed by atoms with Crippen molar-refractivity contribution in [3.8, 4) is 5.88 Å². The van der Waals surface area contributed by atoms with Crippen molar-refractivity contribution in [2.24, 2.45) is 0 Å². The first-order chi connectivity index (χ1) is 8.85. The van der Waals surface area contributed by atoms with E-state index < -0.39 is 0 Å². The first-order valence-electron chi connectivity index (χ1n) is 6.16. The average Bonchev–Trinajstić information content (AvgIpc) is 2.85. The Morgan fingerprint density at radius 2 is 2.39 bits per heavy atom. The fourth-order valence-corrected chi connectivity index (χ4v) is 1.57. The molecule has 6 heteroatoms. The van der Waals surface area contributed by atoms with Crippen LogP contribution in [0, 0.1) is 0 Å². The fraction of sp³-hybridized carbons (Fsp3) is 0.500. The number of aromatic nitrogens is 3. The van der Waals surface area contributed by atoms with Crippen molar-refractivity contribution in [2.45, 2.75) is 19.8 Å². The topological polar surface area (TPSA) is 71.7 Å². The molecular weight excluding hydrogens is 232 g/mol. The minimum Gasteiger partial charge on any atom is -0.475 e. The van der Waals surface area contributed by atoms with Crippen LogP contribution in [0.1, 0.15) is 19.8 Å². The predicted molar refractivity (Wildman–Crippen MR) is 69.0 cm³/mol. The van der Waals surface area contributed by atoms with Crippen LogP contribution in [0.3, 0.4) is 0 Å². The van der Waals surface area contributed by atoms with Crippen molar-refractivity contribution < 1.29 is 9.84 Å². The number of hydrogen-bond acceptors (Lipinski definition) is 5. The zero-order valence-corrected chi connectivity index (χ0v) is 10.5. The van der Waals surface area contributed by atoms with Gasteiger partial charge in [0.2, 0.25) is 5.65 Å². The molecule has 0 aliphatic heterocycles. The van der Waals surface area contributed by atoms with Crippen LogP contribution in [0.15, 0.2) is 18.6 Å². The molecule has 0 saturated heterocycles. The molecule has 0 radical (unpaired) electrons. The van der Waals surface area contributed by atoms with E-state index in [0.29, 0.717) is 24.6 Å². The number of aliphatic hydroxyl groups excluding tert-OH is 1. The van der Waals surface area contributed by atoms with Gasteiger partial charge in [-0.05, 0) is 6.42 Å². The van der Waals surface area contributed by atoms with E-state index in [0.717, 1.165) is 18.8 Å². The lowest BCUT2D eigenvalue weighted by Crippen LogP contribution is -2.07. The number of anilines is 1. The average molecular weight is 250 g/mol. The lowest BCUT2D eigenvalue weighted by atomic mass is 10.4. The molecule has 0 spiro atoms. The smallest absolute Gasteiger partial charge is 0.260 e. The summed E-state index contributed by atoms with van der Waals surface area (Å²) in [6, 6.07) is 0. The quantitative estimate of drug-likeness (QED) is 0.725. The number of hydrogen-bond donors (Lipinski definition) is 2. The Labute approximate surface area is 106 Å². The minimum absolute atomic E-state index is 0.110. The van der Waals surface area contributed by atoms with E-state index in [1.165, 1.54) is 0 Å². The minimum atomic E-state index is 0.110. The van der Waals surface area contributed by atoms with Gasteiger partial charge in [0, 0.05) is 32.0 Å². The first kappa shape index (κ1) is 12.6. The molecule has 0 bridgehead atoms. The van der Waals surface area contributed by atoms with Crippen LogP contribution in [0.5, 0.6) is 5.88 Å². The molecule has 0 atom stereocenters. The molecule has 6 nitrogen and oxygen atoms in total. The molecule has 18 heavy (non-hydrogen) atoms. The summed E-state index contributed by atoms with van der Waals surface area (Å²) >= 11 is 0. The van der Waals surface area contributed by atoms with Crippen molar-refractivity contribution in [1.29, 1.82) is 0 Å². The molecule has 2 aromatic heterocycles. The fourth-order valence-electron chi connectivity index (χ4n) is 1.57. The summed E-state index contributed by atoms with van der Waals surface area (Å²) < 4.78 is 7.42. The summed E-state index contributed by atoms with van der Waals surface area (Å²) in [5.41, 5.74) is 0.690. The van der Waals surface area contributed by atoms with E-state index in [4.69, 9.17) is 9.84 Å². The van der Waals surface area contributed by atoms with Gasteiger partial charge in [-0.1, -0.05) is 6.92 Å². The molecule has 0 saturated carbocycles. The van der Waals surface area contributed by atoms with Crippen molar-refractivity contribution >= 4 is 11.5 Å². The van der Waals surface area contributed by atoms with Gasteiger partial charge in [-0.3, -0.25) is 4.40 Å². The normalized spacial score (nSPS) is 10.8. The summed E-state index contributed by atoms with van der Waals surface area (Å²) in [6.45, 7) is 3.51. The number of fused-ring (bicyclic) bond motifs is 1. The van der Waals surface area contributed by atoms with Gasteiger partial charge < -0.3 is 15.2 Å². The summed E-state index contributed by atoms with van der Waals surface area (Å²) in [5.74, 6) is 1.26. The van der Waals surface area contributed by atoms with Crippen LogP contribution < -0.4 is 10.1 Å². The Hall–Kier alpha value is -1.82. The number of rotatable bonds is 7. The summed E-state index contributed by atoms with van der Waals surface area (Å²) in [5, 5.41) is 12.0. The molecule has 2 rings (SSSR count). The highest BCUT2D eigenvalue weighted by atomic mass is 16.5. The third-order valence-electron chi connectivity index (χ3n) is 2.44. The second-order valence-electron chi connectivity index (χ2n) is 3.94. The SMILES string of the molecule is CCCNc1cn2ccnc2c(OCCCO)n1. The van der Waals surface area contributed by atoms with E-state index in [1.54, 1.807) is 6.20 Å². The van der Waals surface area contributed by atoms with Gasteiger partial charge in [0.05, 0.1) is 12.8 Å². The van der Waals surface area contributed by atoms with Gasteiger partial charge >= 0.3 is 0 Å². The second-order valence-corrected chi connectivity index (χ2v) is 3.94. The Kier molecular flexibility index (Phi) is 4.35. The second kappa shape index (κ2) is 6.20. The maximum Gasteiger partial charge on any atom is 0.260 e. The number of aliphatic hydroxyl groups is 1. The van der Waals surface area contributed by atoms with Crippen molar-refractivity contribution in [3.05, 3.63) is 18.6 Å². The first-order valence-corrected chi connectivity index (χ1v) is 6.16. The van der Waals surface area contributed by atoms with Crippen molar-refractivity contribution in [1.82, 2.24) is 14.4 Å². The summed E-state index contributed by atoms with van der Waals surface area (Å²) in [7, 11) is 0. The molecule has 0 aliphatic rings. The Balaban J connectivity index is 2.21. The van der Waals surface area contributed by atoms with Crippen LogP contribution in [0.4, 0.5) is 5.82 Å². The molecule has 2 heterocycles. The molecule has 0 unspecified atom stereocenters. The van der Waals surface area contributed by atoms with Crippen LogP contribution in [-0.4, -0.2) is 39.2 Å². The van der Waals surface area contributed by atoms with Gasteiger partial charge in [0.15, 0.2) is 0 Å². The van der Waals surface area contributed by atoms with Crippen LogP contribution in [0.2, 0.25) is 0 Å². The zero-order valence-electron chi connectivity index (χ0n) is 10.5. The van der Waals surface area contributed by atoms with Crippen LogP contribution >= 0.6 is 0 Å². The predicted octanol–water partition coefficient (Wildman–Crippen LogP) is 1.31. The molecule has 0 aromatic carbocycles. The highest BCUT2D eigenvalue weighted by Crippen LogP contribution is 2.18. The van der Waals surface area contributed by atoms with Gasteiger partial charge in [0.25, 0.3) is 5.88 Å². The standard InChI is InChI=1S/C12H18N4O2/c1-2-4-13-10-9-16-6-5-14-11(16)12(15-10)18-8-3-7-17/h5-6,9,13,17H,2-4,7-8H2,1H3. The number of nitrogens with one attached hydrogen (secondary N) is 1. The molecule has 98 valence electrons. The molecule has 0 aliphatic carbocycles. The Morgan fingerprint density at radius 1 is 1.50 bits per heavy atom. The van der Waals surface area contributed by atoms with E-state index in [9.17, 15) is 0 Å². The van der Waals surface area contributed by atoms with Crippen LogP contribution in [-0.2, 0) is 0 Å². The third-order valence-corrected chi connectivity index (χ3v) is 2.44. The third kappa shape index (κ3) is 2.89. The molecule has 2 N–H and O–H groups in total. The monoisotopic (exact) mass is 250 g/mol. The van der Waals surface area contributed by atoms with Gasteiger partial charge in [-0.25, -0.2) is 4.98 Å². The Morgan fingerprint density at radius 3 is 3.17 bits per heavy atom. The highest BCUT2D eigenvalue weighted by molar-refractivity contribution is 5.53. The van der Waals surface area contributed by atoms with E-state index >= 15 is 0 Å². The van der Waals surface area contributed by atoms with Crippen molar-refractivity contribution in [2.75, 3.05) is 25.1 Å². The maximum absolute atomic E-state index is 8.75. The van der Waals surface area contributed by atoms with E-state index in [2.05, 4.69) is 22.2 Å². The maximum atomic E-state index is 8.75. The van der Waals surface area contributed by atoms with Crippen molar-refractivity contribution in [3.63, 3.8) is 0 Å². The summed E-state index contributed by atoms with van der Waals surface area (Å²) in [6.07, 6.45) is 7.06.